The van der Waals surface area contributed by atoms with Crippen molar-refractivity contribution in [2.24, 2.45) is 0 Å². The summed E-state index contributed by atoms with van der Waals surface area (Å²) in [4.78, 5) is 5.30. The van der Waals surface area contributed by atoms with Crippen molar-refractivity contribution in [3.8, 4) is 5.75 Å². The third-order valence-electron chi connectivity index (χ3n) is 5.39. The molecule has 3 aromatic rings. The highest BCUT2D eigenvalue weighted by Crippen LogP contribution is 2.24. The summed E-state index contributed by atoms with van der Waals surface area (Å²) >= 11 is 5.83. The van der Waals surface area contributed by atoms with Crippen LogP contribution in [-0.2, 0) is 6.61 Å². The highest BCUT2D eigenvalue weighted by atomic mass is 32.1. The molecular formula is C25H25FN2OS. The van der Waals surface area contributed by atoms with Gasteiger partial charge in [0.05, 0.1) is 5.56 Å². The zero-order valence-corrected chi connectivity index (χ0v) is 17.9. The van der Waals surface area contributed by atoms with Crippen LogP contribution in [0.15, 0.2) is 72.8 Å². The molecule has 1 heterocycles. The molecule has 0 aliphatic carbocycles. The number of ether oxygens (including phenoxy) is 1. The second-order valence-electron chi connectivity index (χ2n) is 7.53. The summed E-state index contributed by atoms with van der Waals surface area (Å²) in [7, 11) is 0. The Bertz CT molecular complexity index is 996. The highest BCUT2D eigenvalue weighted by molar-refractivity contribution is 7.80. The molecule has 1 saturated heterocycles. The molecule has 0 N–H and O–H groups in total. The van der Waals surface area contributed by atoms with E-state index in [2.05, 4.69) is 41.0 Å². The highest BCUT2D eigenvalue weighted by Gasteiger charge is 2.22. The molecule has 4 rings (SSSR count). The smallest absolute Gasteiger partial charge is 0.130 e. The lowest BCUT2D eigenvalue weighted by atomic mass is 10.1. The Morgan fingerprint density at radius 2 is 1.57 bits per heavy atom. The maximum Gasteiger partial charge on any atom is 0.130 e. The van der Waals surface area contributed by atoms with Crippen molar-refractivity contribution in [2.45, 2.75) is 13.5 Å². The first-order valence-corrected chi connectivity index (χ1v) is 10.6. The number of aryl methyl sites for hydroxylation is 1. The van der Waals surface area contributed by atoms with E-state index in [1.54, 1.807) is 0 Å². The van der Waals surface area contributed by atoms with Gasteiger partial charge in [0.15, 0.2) is 0 Å². The van der Waals surface area contributed by atoms with Gasteiger partial charge in [-0.15, -0.1) is 0 Å². The molecule has 0 unspecified atom stereocenters. The molecule has 1 aliphatic heterocycles. The minimum Gasteiger partial charge on any atom is -0.488 e. The van der Waals surface area contributed by atoms with Gasteiger partial charge in [-0.05, 0) is 48.9 Å². The summed E-state index contributed by atoms with van der Waals surface area (Å²) < 4.78 is 19.3. The third-order valence-corrected chi connectivity index (χ3v) is 5.87. The molecule has 1 fully saturated rings. The van der Waals surface area contributed by atoms with Crippen LogP contribution in [0.25, 0.3) is 0 Å². The summed E-state index contributed by atoms with van der Waals surface area (Å²) in [6.07, 6.45) is 0. The normalized spacial score (nSPS) is 13.9. The Morgan fingerprint density at radius 3 is 2.27 bits per heavy atom. The molecule has 30 heavy (non-hydrogen) atoms. The first-order chi connectivity index (χ1) is 14.6. The number of piperazine rings is 1. The van der Waals surface area contributed by atoms with E-state index >= 15 is 0 Å². The van der Waals surface area contributed by atoms with E-state index in [1.807, 2.05) is 36.4 Å². The number of para-hydroxylation sites is 1. The summed E-state index contributed by atoms with van der Waals surface area (Å²) in [5, 5.41) is 0. The van der Waals surface area contributed by atoms with Crippen LogP contribution in [0.2, 0.25) is 0 Å². The van der Waals surface area contributed by atoms with Gasteiger partial charge in [-0.2, -0.15) is 0 Å². The maximum atomic E-state index is 13.2. The van der Waals surface area contributed by atoms with Crippen molar-refractivity contribution < 1.29 is 9.13 Å². The monoisotopic (exact) mass is 420 g/mol. The Labute approximate surface area is 182 Å². The fourth-order valence-electron chi connectivity index (χ4n) is 3.60. The van der Waals surface area contributed by atoms with Gasteiger partial charge in [-0.25, -0.2) is 4.39 Å². The van der Waals surface area contributed by atoms with Crippen molar-refractivity contribution in [1.29, 1.82) is 0 Å². The lowest BCUT2D eigenvalue weighted by molar-refractivity contribution is 0.304. The molecule has 1 aliphatic rings. The largest absolute Gasteiger partial charge is 0.488 e. The zero-order chi connectivity index (χ0) is 20.9. The molecule has 3 aromatic carbocycles. The van der Waals surface area contributed by atoms with Crippen molar-refractivity contribution >= 4 is 22.9 Å². The first kappa shape index (κ1) is 20.4. The predicted octanol–water partition coefficient (Wildman–Crippen LogP) is 5.21. The summed E-state index contributed by atoms with van der Waals surface area (Å²) in [6, 6.07) is 23.0. The van der Waals surface area contributed by atoms with Crippen molar-refractivity contribution in [3.63, 3.8) is 0 Å². The quantitative estimate of drug-likeness (QED) is 0.526. The second-order valence-corrected chi connectivity index (χ2v) is 7.91. The molecule has 0 amide bonds. The maximum absolute atomic E-state index is 13.2. The summed E-state index contributed by atoms with van der Waals surface area (Å²) in [6.45, 7) is 5.92. The number of hydrogen-bond acceptors (Lipinski definition) is 3. The number of rotatable bonds is 5. The zero-order valence-electron chi connectivity index (χ0n) is 17.1. The van der Waals surface area contributed by atoms with E-state index in [0.29, 0.717) is 6.61 Å². The molecule has 0 bridgehead atoms. The lowest BCUT2D eigenvalue weighted by Crippen LogP contribution is -2.48. The van der Waals surface area contributed by atoms with E-state index < -0.39 is 0 Å². The summed E-state index contributed by atoms with van der Waals surface area (Å²) in [5.41, 5.74) is 4.37. The average Bonchev–Trinajstić information content (AvgIpc) is 2.79. The van der Waals surface area contributed by atoms with Gasteiger partial charge in [0.25, 0.3) is 0 Å². The Kier molecular flexibility index (Phi) is 6.29. The standard InChI is InChI=1S/C25H25FN2OS/c1-19-6-8-20(9-7-19)18-29-24-5-3-2-4-23(24)25(30)28-16-14-27(15-17-28)22-12-10-21(26)11-13-22/h2-13H,14-18H2,1H3. The summed E-state index contributed by atoms with van der Waals surface area (Å²) in [5.74, 6) is 0.602. The fraction of sp³-hybridized carbons (Fsp3) is 0.240. The number of hydrogen-bond donors (Lipinski definition) is 0. The van der Waals surface area contributed by atoms with E-state index in [0.717, 1.165) is 53.7 Å². The predicted molar refractivity (Wildman–Crippen MR) is 124 cm³/mol. The van der Waals surface area contributed by atoms with E-state index in [9.17, 15) is 4.39 Å². The molecule has 0 radical (unpaired) electrons. The molecule has 0 atom stereocenters. The van der Waals surface area contributed by atoms with Gasteiger partial charge in [0, 0.05) is 31.9 Å². The third kappa shape index (κ3) is 4.79. The van der Waals surface area contributed by atoms with E-state index in [1.165, 1.54) is 17.7 Å². The number of halogens is 1. The SMILES string of the molecule is Cc1ccc(COc2ccccc2C(=S)N2CCN(c3ccc(F)cc3)CC2)cc1. The van der Waals surface area contributed by atoms with Crippen LogP contribution in [0.1, 0.15) is 16.7 Å². The topological polar surface area (TPSA) is 15.7 Å². The Morgan fingerprint density at radius 1 is 0.900 bits per heavy atom. The number of thiocarbonyl (C=S) groups is 1. The van der Waals surface area contributed by atoms with E-state index in [-0.39, 0.29) is 5.82 Å². The van der Waals surface area contributed by atoms with Crippen LogP contribution >= 0.6 is 12.2 Å². The molecular weight excluding hydrogens is 395 g/mol. The lowest BCUT2D eigenvalue weighted by Gasteiger charge is -2.37. The minimum absolute atomic E-state index is 0.208. The Balaban J connectivity index is 1.40. The van der Waals surface area contributed by atoms with Crippen LogP contribution in [0, 0.1) is 12.7 Å². The molecule has 154 valence electrons. The number of nitrogens with zero attached hydrogens (tertiary/aromatic N) is 2. The van der Waals surface area contributed by atoms with Crippen LogP contribution < -0.4 is 9.64 Å². The molecule has 0 aromatic heterocycles. The minimum atomic E-state index is -0.208. The van der Waals surface area contributed by atoms with Crippen LogP contribution in [0.5, 0.6) is 5.75 Å². The van der Waals surface area contributed by atoms with Crippen LogP contribution in [0.4, 0.5) is 10.1 Å². The fourth-order valence-corrected chi connectivity index (χ4v) is 3.96. The molecule has 3 nitrogen and oxygen atoms in total. The average molecular weight is 421 g/mol. The first-order valence-electron chi connectivity index (χ1n) is 10.2. The van der Waals surface area contributed by atoms with Gasteiger partial charge in [0.1, 0.15) is 23.2 Å². The van der Waals surface area contributed by atoms with Crippen LogP contribution in [-0.4, -0.2) is 36.1 Å². The second kappa shape index (κ2) is 9.26. The van der Waals surface area contributed by atoms with Crippen molar-refractivity contribution in [2.75, 3.05) is 31.1 Å². The van der Waals surface area contributed by atoms with Crippen molar-refractivity contribution in [3.05, 3.63) is 95.3 Å². The van der Waals surface area contributed by atoms with Gasteiger partial charge < -0.3 is 14.5 Å². The molecule has 5 heteroatoms. The van der Waals surface area contributed by atoms with E-state index in [4.69, 9.17) is 17.0 Å². The number of anilines is 1. The van der Waals surface area contributed by atoms with Crippen molar-refractivity contribution in [1.82, 2.24) is 4.90 Å². The van der Waals surface area contributed by atoms with Gasteiger partial charge in [-0.1, -0.05) is 54.2 Å². The van der Waals surface area contributed by atoms with Gasteiger partial charge in [0.2, 0.25) is 0 Å². The van der Waals surface area contributed by atoms with Gasteiger partial charge >= 0.3 is 0 Å². The van der Waals surface area contributed by atoms with Crippen LogP contribution in [0.3, 0.4) is 0 Å². The molecule has 0 saturated carbocycles. The number of benzene rings is 3. The molecule has 0 spiro atoms. The van der Waals surface area contributed by atoms with Gasteiger partial charge in [-0.3, -0.25) is 0 Å². The Hall–Kier alpha value is -2.92.